The van der Waals surface area contributed by atoms with Gasteiger partial charge in [-0.25, -0.2) is 4.79 Å². The summed E-state index contributed by atoms with van der Waals surface area (Å²) in [5, 5.41) is 8.53. The Hall–Kier alpha value is -1.65. The van der Waals surface area contributed by atoms with Gasteiger partial charge in [-0.1, -0.05) is 24.3 Å². The van der Waals surface area contributed by atoms with Gasteiger partial charge in [-0.15, -0.1) is 0 Å². The van der Waals surface area contributed by atoms with Crippen LogP contribution in [0.3, 0.4) is 0 Å². The SMILES string of the molecule is O=C(O)/C=C/c1ccc(COCC2CCCO2)cc1. The van der Waals surface area contributed by atoms with Gasteiger partial charge in [-0.3, -0.25) is 0 Å². The summed E-state index contributed by atoms with van der Waals surface area (Å²) in [5.41, 5.74) is 1.94. The third kappa shape index (κ3) is 4.85. The number of ether oxygens (including phenoxy) is 2. The molecule has 1 aliphatic heterocycles. The summed E-state index contributed by atoms with van der Waals surface area (Å²) in [7, 11) is 0. The average Bonchev–Trinajstić information content (AvgIpc) is 2.91. The molecule has 0 amide bonds. The lowest BCUT2D eigenvalue weighted by molar-refractivity contribution is -0.131. The van der Waals surface area contributed by atoms with Gasteiger partial charge in [-0.2, -0.15) is 0 Å². The third-order valence-corrected chi connectivity index (χ3v) is 2.99. The summed E-state index contributed by atoms with van der Waals surface area (Å²) in [6.07, 6.45) is 5.15. The number of carboxylic acid groups (broad SMARTS) is 1. The molecule has 1 aliphatic rings. The van der Waals surface area contributed by atoms with E-state index in [4.69, 9.17) is 14.6 Å². The van der Waals surface area contributed by atoms with Gasteiger partial charge < -0.3 is 14.6 Å². The van der Waals surface area contributed by atoms with Crippen molar-refractivity contribution < 1.29 is 19.4 Å². The van der Waals surface area contributed by atoms with E-state index in [9.17, 15) is 4.79 Å². The van der Waals surface area contributed by atoms with Crippen molar-refractivity contribution in [2.45, 2.75) is 25.6 Å². The molecule has 1 unspecified atom stereocenters. The van der Waals surface area contributed by atoms with Crippen LogP contribution in [0.2, 0.25) is 0 Å². The molecule has 0 saturated carbocycles. The van der Waals surface area contributed by atoms with Crippen molar-refractivity contribution in [3.63, 3.8) is 0 Å². The van der Waals surface area contributed by atoms with Crippen LogP contribution in [0.25, 0.3) is 6.08 Å². The van der Waals surface area contributed by atoms with E-state index in [-0.39, 0.29) is 6.10 Å². The molecule has 1 fully saturated rings. The van der Waals surface area contributed by atoms with E-state index >= 15 is 0 Å². The van der Waals surface area contributed by atoms with Crippen LogP contribution in [0.5, 0.6) is 0 Å². The Morgan fingerprint density at radius 2 is 2.21 bits per heavy atom. The highest BCUT2D eigenvalue weighted by atomic mass is 16.5. The van der Waals surface area contributed by atoms with E-state index < -0.39 is 5.97 Å². The van der Waals surface area contributed by atoms with Gasteiger partial charge in [0.2, 0.25) is 0 Å². The molecule has 1 saturated heterocycles. The summed E-state index contributed by atoms with van der Waals surface area (Å²) in [6.45, 7) is 2.04. The molecule has 0 bridgehead atoms. The topological polar surface area (TPSA) is 55.8 Å². The quantitative estimate of drug-likeness (QED) is 0.800. The van der Waals surface area contributed by atoms with Gasteiger partial charge in [0.1, 0.15) is 0 Å². The molecular weight excluding hydrogens is 244 g/mol. The summed E-state index contributed by atoms with van der Waals surface area (Å²) >= 11 is 0. The lowest BCUT2D eigenvalue weighted by atomic mass is 10.1. The van der Waals surface area contributed by atoms with Crippen molar-refractivity contribution in [2.24, 2.45) is 0 Å². The summed E-state index contributed by atoms with van der Waals surface area (Å²) in [5.74, 6) is -0.941. The van der Waals surface area contributed by atoms with Crippen LogP contribution in [0, 0.1) is 0 Å². The second kappa shape index (κ2) is 7.07. The molecule has 1 aromatic carbocycles. The maximum Gasteiger partial charge on any atom is 0.328 e. The van der Waals surface area contributed by atoms with Gasteiger partial charge in [0.25, 0.3) is 0 Å². The fourth-order valence-electron chi connectivity index (χ4n) is 1.98. The highest BCUT2D eigenvalue weighted by Crippen LogP contribution is 2.13. The van der Waals surface area contributed by atoms with Gasteiger partial charge in [0.05, 0.1) is 19.3 Å². The molecule has 1 aromatic rings. The zero-order valence-corrected chi connectivity index (χ0v) is 10.7. The van der Waals surface area contributed by atoms with E-state index in [0.717, 1.165) is 36.7 Å². The minimum atomic E-state index is -0.941. The van der Waals surface area contributed by atoms with Gasteiger partial charge in [0, 0.05) is 12.7 Å². The minimum Gasteiger partial charge on any atom is -0.478 e. The maximum atomic E-state index is 10.4. The number of carboxylic acids is 1. The molecule has 0 spiro atoms. The number of hydrogen-bond acceptors (Lipinski definition) is 3. The van der Waals surface area contributed by atoms with E-state index in [1.807, 2.05) is 24.3 Å². The second-order valence-corrected chi connectivity index (χ2v) is 4.56. The van der Waals surface area contributed by atoms with E-state index in [2.05, 4.69) is 0 Å². The molecule has 1 heterocycles. The van der Waals surface area contributed by atoms with Crippen molar-refractivity contribution in [3.8, 4) is 0 Å². The lowest BCUT2D eigenvalue weighted by Gasteiger charge is -2.10. The van der Waals surface area contributed by atoms with Crippen LogP contribution < -0.4 is 0 Å². The molecule has 0 radical (unpaired) electrons. The minimum absolute atomic E-state index is 0.248. The number of carbonyl (C=O) groups is 1. The molecule has 4 nitrogen and oxygen atoms in total. The molecule has 1 atom stereocenters. The second-order valence-electron chi connectivity index (χ2n) is 4.56. The summed E-state index contributed by atoms with van der Waals surface area (Å²) < 4.78 is 11.1. The first kappa shape index (κ1) is 13.8. The van der Waals surface area contributed by atoms with Crippen LogP contribution >= 0.6 is 0 Å². The highest BCUT2D eigenvalue weighted by Gasteiger charge is 2.14. The Morgan fingerprint density at radius 3 is 2.84 bits per heavy atom. The predicted molar refractivity (Wildman–Crippen MR) is 71.7 cm³/mol. The zero-order valence-electron chi connectivity index (χ0n) is 10.7. The highest BCUT2D eigenvalue weighted by molar-refractivity contribution is 5.85. The Morgan fingerprint density at radius 1 is 1.42 bits per heavy atom. The Labute approximate surface area is 112 Å². The van der Waals surface area contributed by atoms with Crippen molar-refractivity contribution in [2.75, 3.05) is 13.2 Å². The molecule has 102 valence electrons. The van der Waals surface area contributed by atoms with Gasteiger partial charge in [-0.05, 0) is 30.0 Å². The predicted octanol–water partition coefficient (Wildman–Crippen LogP) is 2.48. The number of benzene rings is 1. The van der Waals surface area contributed by atoms with Crippen molar-refractivity contribution >= 4 is 12.0 Å². The molecule has 19 heavy (non-hydrogen) atoms. The molecule has 0 aliphatic carbocycles. The van der Waals surface area contributed by atoms with Gasteiger partial charge in [0.15, 0.2) is 0 Å². The molecule has 1 N–H and O–H groups in total. The third-order valence-electron chi connectivity index (χ3n) is 2.99. The molecular formula is C15H18O4. The normalized spacial score (nSPS) is 19.1. The summed E-state index contributed by atoms with van der Waals surface area (Å²) in [4.78, 5) is 10.4. The molecule has 4 heteroatoms. The lowest BCUT2D eigenvalue weighted by Crippen LogP contribution is -2.13. The van der Waals surface area contributed by atoms with Crippen molar-refractivity contribution in [3.05, 3.63) is 41.5 Å². The van der Waals surface area contributed by atoms with Gasteiger partial charge >= 0.3 is 5.97 Å². The smallest absolute Gasteiger partial charge is 0.328 e. The fraction of sp³-hybridized carbons (Fsp3) is 0.400. The zero-order chi connectivity index (χ0) is 13.5. The van der Waals surface area contributed by atoms with Crippen molar-refractivity contribution in [1.82, 2.24) is 0 Å². The standard InChI is InChI=1S/C15H18O4/c16-15(17)8-7-12-3-5-13(6-4-12)10-18-11-14-2-1-9-19-14/h3-8,14H,1-2,9-11H2,(H,16,17)/b8-7+. The Bertz CT molecular complexity index is 430. The van der Waals surface area contributed by atoms with E-state index in [1.165, 1.54) is 0 Å². The van der Waals surface area contributed by atoms with Crippen LogP contribution in [-0.4, -0.2) is 30.4 Å². The number of hydrogen-bond donors (Lipinski definition) is 1. The van der Waals surface area contributed by atoms with E-state index in [1.54, 1.807) is 6.08 Å². The monoisotopic (exact) mass is 262 g/mol. The van der Waals surface area contributed by atoms with Crippen LogP contribution in [0.4, 0.5) is 0 Å². The molecule has 2 rings (SSSR count). The first-order valence-electron chi connectivity index (χ1n) is 6.43. The molecule has 0 aromatic heterocycles. The largest absolute Gasteiger partial charge is 0.478 e. The Balaban J connectivity index is 1.76. The number of aliphatic carboxylic acids is 1. The fourth-order valence-corrected chi connectivity index (χ4v) is 1.98. The average molecular weight is 262 g/mol. The van der Waals surface area contributed by atoms with E-state index in [0.29, 0.717) is 13.2 Å². The van der Waals surface area contributed by atoms with Crippen LogP contribution in [-0.2, 0) is 20.9 Å². The first-order valence-corrected chi connectivity index (χ1v) is 6.43. The maximum absolute atomic E-state index is 10.4. The number of rotatable bonds is 6. The summed E-state index contributed by atoms with van der Waals surface area (Å²) in [6, 6.07) is 7.64. The first-order chi connectivity index (χ1) is 9.24. The van der Waals surface area contributed by atoms with Crippen LogP contribution in [0.15, 0.2) is 30.3 Å². The van der Waals surface area contributed by atoms with Crippen molar-refractivity contribution in [1.29, 1.82) is 0 Å². The van der Waals surface area contributed by atoms with Crippen LogP contribution in [0.1, 0.15) is 24.0 Å². The Kier molecular flexibility index (Phi) is 5.12.